The Labute approximate surface area is 174 Å². The van der Waals surface area contributed by atoms with Gasteiger partial charge in [-0.25, -0.2) is 0 Å². The van der Waals surface area contributed by atoms with Crippen molar-refractivity contribution in [3.05, 3.63) is 71.1 Å². The Hall–Kier alpha value is -3.12. The van der Waals surface area contributed by atoms with E-state index in [1.54, 1.807) is 30.2 Å². The van der Waals surface area contributed by atoms with E-state index < -0.39 is 0 Å². The molecule has 1 heterocycles. The van der Waals surface area contributed by atoms with Gasteiger partial charge in [0.15, 0.2) is 0 Å². The minimum absolute atomic E-state index is 0.0551. The number of carbonyl (C=O) groups excluding carboxylic acids is 1. The molecule has 7 heteroatoms. The molecular weight excluding hydrogens is 390 g/mol. The average molecular weight is 412 g/mol. The lowest BCUT2D eigenvalue weighted by Crippen LogP contribution is -2.35. The minimum atomic E-state index is -0.164. The van der Waals surface area contributed by atoms with Gasteiger partial charge in [-0.1, -0.05) is 41.9 Å². The van der Waals surface area contributed by atoms with Crippen molar-refractivity contribution >= 4 is 23.6 Å². The van der Waals surface area contributed by atoms with Crippen molar-refractivity contribution in [1.29, 1.82) is 0 Å². The zero-order valence-electron chi connectivity index (χ0n) is 16.5. The zero-order valence-corrected chi connectivity index (χ0v) is 17.3. The van der Waals surface area contributed by atoms with Crippen molar-refractivity contribution in [2.45, 2.75) is 26.4 Å². The van der Waals surface area contributed by atoms with Crippen LogP contribution in [0.15, 0.2) is 59.0 Å². The van der Waals surface area contributed by atoms with Crippen LogP contribution in [0.5, 0.6) is 5.75 Å². The number of benzene rings is 2. The van der Waals surface area contributed by atoms with Crippen molar-refractivity contribution in [2.24, 2.45) is 0 Å². The van der Waals surface area contributed by atoms with Gasteiger partial charge in [-0.05, 0) is 38.1 Å². The maximum atomic E-state index is 12.8. The molecule has 0 radical (unpaired) electrons. The molecule has 0 N–H and O–H groups in total. The highest BCUT2D eigenvalue weighted by molar-refractivity contribution is 6.33. The summed E-state index contributed by atoms with van der Waals surface area (Å²) in [4.78, 5) is 14.4. The molecule has 0 saturated carbocycles. The van der Waals surface area contributed by atoms with Crippen LogP contribution in [-0.2, 0) is 11.3 Å². The van der Waals surface area contributed by atoms with Gasteiger partial charge in [0.1, 0.15) is 5.75 Å². The quantitative estimate of drug-likeness (QED) is 0.520. The van der Waals surface area contributed by atoms with E-state index in [1.807, 2.05) is 50.2 Å². The molecule has 0 fully saturated rings. The van der Waals surface area contributed by atoms with E-state index in [0.717, 1.165) is 5.56 Å². The third-order valence-electron chi connectivity index (χ3n) is 4.33. The lowest BCUT2D eigenvalue weighted by molar-refractivity contribution is -0.128. The fourth-order valence-electron chi connectivity index (χ4n) is 2.78. The van der Waals surface area contributed by atoms with Crippen molar-refractivity contribution in [1.82, 2.24) is 15.1 Å². The molecule has 0 aliphatic carbocycles. The van der Waals surface area contributed by atoms with Crippen LogP contribution >= 0.6 is 11.6 Å². The van der Waals surface area contributed by atoms with E-state index in [-0.39, 0.29) is 18.5 Å². The summed E-state index contributed by atoms with van der Waals surface area (Å²) in [5.74, 6) is 1.20. The van der Waals surface area contributed by atoms with Gasteiger partial charge in [-0.2, -0.15) is 0 Å². The fourth-order valence-corrected chi connectivity index (χ4v) is 3.00. The number of halogens is 1. The first-order valence-corrected chi connectivity index (χ1v) is 9.56. The van der Waals surface area contributed by atoms with Gasteiger partial charge in [-0.15, -0.1) is 10.2 Å². The average Bonchev–Trinajstić information content (AvgIpc) is 3.19. The van der Waals surface area contributed by atoms with Gasteiger partial charge in [0.25, 0.3) is 0 Å². The van der Waals surface area contributed by atoms with Gasteiger partial charge < -0.3 is 14.1 Å². The molecule has 2 aromatic carbocycles. The van der Waals surface area contributed by atoms with Crippen molar-refractivity contribution < 1.29 is 13.9 Å². The molecule has 150 valence electrons. The highest BCUT2D eigenvalue weighted by Crippen LogP contribution is 2.26. The summed E-state index contributed by atoms with van der Waals surface area (Å²) in [6, 6.07) is 14.7. The monoisotopic (exact) mass is 411 g/mol. The van der Waals surface area contributed by atoms with Gasteiger partial charge in [0.2, 0.25) is 17.7 Å². The maximum Gasteiger partial charge on any atom is 0.249 e. The van der Waals surface area contributed by atoms with E-state index in [0.29, 0.717) is 28.1 Å². The number of rotatable bonds is 7. The van der Waals surface area contributed by atoms with Crippen LogP contribution in [0.3, 0.4) is 0 Å². The van der Waals surface area contributed by atoms with E-state index >= 15 is 0 Å². The lowest BCUT2D eigenvalue weighted by atomic mass is 10.2. The first-order valence-electron chi connectivity index (χ1n) is 9.18. The number of aromatic nitrogens is 2. The smallest absolute Gasteiger partial charge is 0.249 e. The first-order chi connectivity index (χ1) is 14.0. The largest absolute Gasteiger partial charge is 0.496 e. The molecule has 0 atom stereocenters. The number of amides is 1. The predicted octanol–water partition coefficient (Wildman–Crippen LogP) is 4.85. The molecule has 0 spiro atoms. The van der Waals surface area contributed by atoms with Crippen molar-refractivity contribution in [2.75, 3.05) is 7.11 Å². The number of hydrogen-bond donors (Lipinski definition) is 0. The second kappa shape index (κ2) is 9.39. The Balaban J connectivity index is 1.76. The van der Waals surface area contributed by atoms with Crippen LogP contribution in [-0.4, -0.2) is 34.2 Å². The summed E-state index contributed by atoms with van der Waals surface area (Å²) in [5.41, 5.74) is 1.48. The number of para-hydroxylation sites is 1. The molecule has 0 unspecified atom stereocenters. The van der Waals surface area contributed by atoms with Crippen LogP contribution < -0.4 is 4.74 Å². The summed E-state index contributed by atoms with van der Waals surface area (Å²) >= 11 is 6.19. The number of ether oxygens (including phenoxy) is 1. The second-order valence-electron chi connectivity index (χ2n) is 6.62. The lowest BCUT2D eigenvalue weighted by Gasteiger charge is -2.23. The van der Waals surface area contributed by atoms with E-state index in [4.69, 9.17) is 20.8 Å². The predicted molar refractivity (Wildman–Crippen MR) is 112 cm³/mol. The van der Waals surface area contributed by atoms with Crippen LogP contribution in [0.2, 0.25) is 5.02 Å². The SMILES string of the molecule is COc1ccccc1C=CC(=O)N(Cc1nnc(-c2ccccc2Cl)o1)C(C)C. The molecule has 0 aliphatic rings. The summed E-state index contributed by atoms with van der Waals surface area (Å²) in [5, 5.41) is 8.66. The van der Waals surface area contributed by atoms with Gasteiger partial charge in [0, 0.05) is 17.7 Å². The zero-order chi connectivity index (χ0) is 20.8. The Morgan fingerprint density at radius 1 is 1.17 bits per heavy atom. The Morgan fingerprint density at radius 2 is 1.90 bits per heavy atom. The summed E-state index contributed by atoms with van der Waals surface area (Å²) in [7, 11) is 1.60. The standard InChI is InChI=1S/C22H22ClN3O3/c1-15(2)26(21(27)13-12-16-8-4-7-11-19(16)28-3)14-20-24-25-22(29-20)17-9-5-6-10-18(17)23/h4-13,15H,14H2,1-3H3. The molecule has 1 amide bonds. The van der Waals surface area contributed by atoms with Crippen LogP contribution in [0.1, 0.15) is 25.3 Å². The molecule has 29 heavy (non-hydrogen) atoms. The summed E-state index contributed by atoms with van der Waals surface area (Å²) < 4.78 is 11.1. The van der Waals surface area contributed by atoms with Crippen molar-refractivity contribution in [3.63, 3.8) is 0 Å². The highest BCUT2D eigenvalue weighted by atomic mass is 35.5. The van der Waals surface area contributed by atoms with Gasteiger partial charge in [0.05, 0.1) is 24.2 Å². The van der Waals surface area contributed by atoms with Gasteiger partial charge in [-0.3, -0.25) is 4.79 Å². The number of hydrogen-bond acceptors (Lipinski definition) is 5. The van der Waals surface area contributed by atoms with E-state index in [2.05, 4.69) is 10.2 Å². The number of nitrogens with zero attached hydrogens (tertiary/aromatic N) is 3. The summed E-state index contributed by atoms with van der Waals surface area (Å²) in [6.07, 6.45) is 3.25. The highest BCUT2D eigenvalue weighted by Gasteiger charge is 2.19. The normalized spacial score (nSPS) is 11.2. The first kappa shape index (κ1) is 20.6. The second-order valence-corrected chi connectivity index (χ2v) is 7.02. The molecular formula is C22H22ClN3O3. The molecule has 3 rings (SSSR count). The van der Waals surface area contributed by atoms with E-state index in [1.165, 1.54) is 6.08 Å². The molecule has 3 aromatic rings. The number of carbonyl (C=O) groups is 1. The molecule has 0 bridgehead atoms. The maximum absolute atomic E-state index is 12.8. The third kappa shape index (κ3) is 5.03. The van der Waals surface area contributed by atoms with E-state index in [9.17, 15) is 4.79 Å². The van der Waals surface area contributed by atoms with Crippen LogP contribution in [0.4, 0.5) is 0 Å². The third-order valence-corrected chi connectivity index (χ3v) is 4.66. The summed E-state index contributed by atoms with van der Waals surface area (Å²) in [6.45, 7) is 4.06. The Bertz CT molecular complexity index is 1010. The van der Waals surface area contributed by atoms with Gasteiger partial charge >= 0.3 is 0 Å². The topological polar surface area (TPSA) is 68.5 Å². The molecule has 6 nitrogen and oxygen atoms in total. The number of methoxy groups -OCH3 is 1. The Morgan fingerprint density at radius 3 is 2.62 bits per heavy atom. The fraction of sp³-hybridized carbons (Fsp3) is 0.227. The molecule has 0 aliphatic heterocycles. The Kier molecular flexibility index (Phi) is 6.67. The minimum Gasteiger partial charge on any atom is -0.496 e. The van der Waals surface area contributed by atoms with Crippen LogP contribution in [0, 0.1) is 0 Å². The molecule has 1 aromatic heterocycles. The van der Waals surface area contributed by atoms with Crippen molar-refractivity contribution in [3.8, 4) is 17.2 Å². The van der Waals surface area contributed by atoms with Crippen LogP contribution in [0.25, 0.3) is 17.5 Å². The molecule has 0 saturated heterocycles.